The minimum atomic E-state index is -2.55. The van der Waals surface area contributed by atoms with Crippen LogP contribution in [-0.4, -0.2) is 75.0 Å². The average molecular weight is 538 g/mol. The molecule has 0 spiro atoms. The molecule has 1 aromatic carbocycles. The van der Waals surface area contributed by atoms with E-state index in [4.69, 9.17) is 23.7 Å². The van der Waals surface area contributed by atoms with E-state index in [1.54, 1.807) is 31.4 Å². The first-order chi connectivity index (χ1) is 17.1. The van der Waals surface area contributed by atoms with Gasteiger partial charge in [0.15, 0.2) is 26.6 Å². The fourth-order valence-electron chi connectivity index (χ4n) is 3.87. The first kappa shape index (κ1) is 30.5. The lowest BCUT2D eigenvalue weighted by molar-refractivity contribution is -0.261. The lowest BCUT2D eigenvalue weighted by Gasteiger charge is -2.44. The number of rotatable bonds is 10. The van der Waals surface area contributed by atoms with Crippen molar-refractivity contribution >= 4 is 32.4 Å². The van der Waals surface area contributed by atoms with E-state index >= 15 is 0 Å². The number of benzene rings is 1. The number of aliphatic imine (C=N–C) groups is 1. The summed E-state index contributed by atoms with van der Waals surface area (Å²) in [4.78, 5) is 51.4. The van der Waals surface area contributed by atoms with Gasteiger partial charge in [-0.15, -0.1) is 0 Å². The van der Waals surface area contributed by atoms with Gasteiger partial charge in [0.1, 0.15) is 11.9 Å². The molecule has 1 fully saturated rings. The predicted octanol–water partition coefficient (Wildman–Crippen LogP) is 3.39. The molecule has 0 aliphatic carbocycles. The Hall–Kier alpha value is -2.76. The topological polar surface area (TPSA) is 130 Å². The Morgan fingerprint density at radius 2 is 1.54 bits per heavy atom. The molecule has 37 heavy (non-hydrogen) atoms. The zero-order valence-electron chi connectivity index (χ0n) is 22.8. The van der Waals surface area contributed by atoms with Crippen molar-refractivity contribution in [1.82, 2.24) is 0 Å². The highest BCUT2D eigenvalue weighted by molar-refractivity contribution is 6.72. The van der Waals surface area contributed by atoms with Gasteiger partial charge in [-0.2, -0.15) is 0 Å². The first-order valence-corrected chi connectivity index (χ1v) is 15.2. The predicted molar refractivity (Wildman–Crippen MR) is 139 cm³/mol. The Balaban J connectivity index is 2.47. The number of esters is 3. The highest BCUT2D eigenvalue weighted by Crippen LogP contribution is 2.42. The molecule has 10 nitrogen and oxygen atoms in total. The molecule has 206 valence electrons. The summed E-state index contributed by atoms with van der Waals surface area (Å²) in [5.41, 5.74) is 0.715. The maximum absolute atomic E-state index is 12.1. The van der Waals surface area contributed by atoms with Crippen LogP contribution in [-0.2, 0) is 33.3 Å². The SMILES string of the molecule is COc1ccc(/C=N/[C@H]2C(OC(C)=O)[C@H](OC(C)=O)C(CCC(C)(C)[Si](C)(C)O)O[C@H]2OC(C)=O)cc1. The largest absolute Gasteiger partial charge is 0.497 e. The van der Waals surface area contributed by atoms with Crippen LogP contribution < -0.4 is 4.74 Å². The maximum atomic E-state index is 12.1. The summed E-state index contributed by atoms with van der Waals surface area (Å²) in [5.74, 6) is -1.14. The van der Waals surface area contributed by atoms with Crippen molar-refractivity contribution in [3.63, 3.8) is 0 Å². The molecule has 1 N–H and O–H groups in total. The Labute approximate surface area is 219 Å². The monoisotopic (exact) mass is 537 g/mol. The molecular weight excluding hydrogens is 498 g/mol. The van der Waals surface area contributed by atoms with Crippen LogP contribution in [0.25, 0.3) is 0 Å². The number of methoxy groups -OCH3 is 1. The van der Waals surface area contributed by atoms with Gasteiger partial charge < -0.3 is 28.5 Å². The van der Waals surface area contributed by atoms with Crippen molar-refractivity contribution in [3.05, 3.63) is 29.8 Å². The van der Waals surface area contributed by atoms with Gasteiger partial charge in [0.2, 0.25) is 6.29 Å². The molecule has 1 aliphatic heterocycles. The molecular formula is C26H39NO9Si. The highest BCUT2D eigenvalue weighted by Gasteiger charge is 2.52. The molecule has 1 saturated heterocycles. The van der Waals surface area contributed by atoms with E-state index in [-0.39, 0.29) is 0 Å². The molecule has 0 bridgehead atoms. The normalized spacial score (nSPS) is 24.4. The van der Waals surface area contributed by atoms with E-state index in [0.717, 1.165) is 0 Å². The summed E-state index contributed by atoms with van der Waals surface area (Å²) in [6, 6.07) is 6.08. The maximum Gasteiger partial charge on any atom is 0.305 e. The van der Waals surface area contributed by atoms with Crippen LogP contribution in [0.4, 0.5) is 0 Å². The van der Waals surface area contributed by atoms with Crippen LogP contribution in [0, 0.1) is 0 Å². The van der Waals surface area contributed by atoms with Crippen molar-refractivity contribution in [1.29, 1.82) is 0 Å². The number of hydrogen-bond acceptors (Lipinski definition) is 10. The fourth-order valence-corrected chi connectivity index (χ4v) is 4.63. The lowest BCUT2D eigenvalue weighted by atomic mass is 9.91. The third kappa shape index (κ3) is 8.65. The van der Waals surface area contributed by atoms with Gasteiger partial charge in [-0.3, -0.25) is 19.4 Å². The second kappa shape index (κ2) is 12.7. The van der Waals surface area contributed by atoms with E-state index in [9.17, 15) is 19.2 Å². The minimum Gasteiger partial charge on any atom is -0.497 e. The summed E-state index contributed by atoms with van der Waals surface area (Å²) < 4.78 is 28.0. The fraction of sp³-hybridized carbons (Fsp3) is 0.615. The number of carbonyl (C=O) groups is 3. The number of carbonyl (C=O) groups excluding carboxylic acids is 3. The highest BCUT2D eigenvalue weighted by atomic mass is 28.4. The molecule has 0 amide bonds. The van der Waals surface area contributed by atoms with Crippen LogP contribution in [0.1, 0.15) is 53.0 Å². The van der Waals surface area contributed by atoms with E-state index < -0.39 is 61.9 Å². The minimum absolute atomic E-state index is 0.354. The van der Waals surface area contributed by atoms with Crippen LogP contribution in [0.15, 0.2) is 29.3 Å². The van der Waals surface area contributed by atoms with E-state index in [0.29, 0.717) is 24.2 Å². The Kier molecular flexibility index (Phi) is 10.4. The second-order valence-electron chi connectivity index (χ2n) is 10.3. The molecule has 2 rings (SSSR count). The molecule has 11 heteroatoms. The van der Waals surface area contributed by atoms with Crippen molar-refractivity contribution in [2.75, 3.05) is 7.11 Å². The average Bonchev–Trinajstić information content (AvgIpc) is 2.77. The van der Waals surface area contributed by atoms with Crippen molar-refractivity contribution < 1.29 is 42.9 Å². The second-order valence-corrected chi connectivity index (χ2v) is 14.8. The Morgan fingerprint density at radius 3 is 2.03 bits per heavy atom. The lowest BCUT2D eigenvalue weighted by Crippen LogP contribution is -2.60. The van der Waals surface area contributed by atoms with Crippen LogP contribution >= 0.6 is 0 Å². The molecule has 0 saturated carbocycles. The van der Waals surface area contributed by atoms with Gasteiger partial charge in [-0.05, 0) is 60.8 Å². The van der Waals surface area contributed by atoms with E-state index in [1.165, 1.54) is 27.0 Å². The van der Waals surface area contributed by atoms with Gasteiger partial charge >= 0.3 is 17.9 Å². The molecule has 0 aromatic heterocycles. The Morgan fingerprint density at radius 1 is 1.00 bits per heavy atom. The summed E-state index contributed by atoms with van der Waals surface area (Å²) in [6.45, 7) is 11.4. The molecule has 2 unspecified atom stereocenters. The van der Waals surface area contributed by atoms with Gasteiger partial charge in [0, 0.05) is 27.0 Å². The van der Waals surface area contributed by atoms with Gasteiger partial charge in [0.25, 0.3) is 0 Å². The summed E-state index contributed by atoms with van der Waals surface area (Å²) in [6.07, 6.45) is -1.64. The first-order valence-electron chi connectivity index (χ1n) is 12.2. The number of nitrogens with zero attached hydrogens (tertiary/aromatic N) is 1. The van der Waals surface area contributed by atoms with Crippen molar-refractivity contribution in [2.45, 2.75) is 96.2 Å². The smallest absolute Gasteiger partial charge is 0.305 e. The summed E-state index contributed by atoms with van der Waals surface area (Å²) >= 11 is 0. The summed E-state index contributed by atoms with van der Waals surface area (Å²) in [7, 11) is -0.985. The quantitative estimate of drug-likeness (QED) is 0.207. The standard InChI is InChI=1S/C26H39NO9Si/c1-16(28)33-23-21(13-14-26(4,5)37(7,8)31)36-25(35-18(3)30)22(24(23)34-17(2)29)27-15-19-9-11-20(32-6)12-10-19/h9-12,15,21-25,31H,13-14H2,1-8H3/b27-15+/t21?,22-,23+,24?,25+/m0/s1. The van der Waals surface area contributed by atoms with Crippen LogP contribution in [0.3, 0.4) is 0 Å². The van der Waals surface area contributed by atoms with Gasteiger partial charge in [0.05, 0.1) is 7.11 Å². The zero-order valence-corrected chi connectivity index (χ0v) is 23.8. The molecule has 5 atom stereocenters. The zero-order chi connectivity index (χ0) is 28.0. The molecule has 1 aromatic rings. The van der Waals surface area contributed by atoms with Crippen LogP contribution in [0.2, 0.25) is 18.1 Å². The number of ether oxygens (including phenoxy) is 5. The van der Waals surface area contributed by atoms with Crippen molar-refractivity contribution in [3.8, 4) is 5.75 Å². The molecule has 1 heterocycles. The molecule has 0 radical (unpaired) electrons. The van der Waals surface area contributed by atoms with Crippen LogP contribution in [0.5, 0.6) is 5.75 Å². The third-order valence-corrected chi connectivity index (χ3v) is 10.3. The summed E-state index contributed by atoms with van der Waals surface area (Å²) in [5, 5.41) is -0.394. The molecule has 1 aliphatic rings. The van der Waals surface area contributed by atoms with Gasteiger partial charge in [-0.25, -0.2) is 0 Å². The van der Waals surface area contributed by atoms with E-state index in [2.05, 4.69) is 4.99 Å². The Bertz CT molecular complexity index is 971. The number of hydrogen-bond donors (Lipinski definition) is 1. The van der Waals surface area contributed by atoms with E-state index in [1.807, 2.05) is 26.9 Å². The third-order valence-electron chi connectivity index (χ3n) is 6.72. The van der Waals surface area contributed by atoms with Crippen molar-refractivity contribution in [2.24, 2.45) is 4.99 Å². The van der Waals surface area contributed by atoms with Gasteiger partial charge in [-0.1, -0.05) is 13.8 Å².